The second kappa shape index (κ2) is 4.81. The Kier molecular flexibility index (Phi) is 4.15. The lowest BCUT2D eigenvalue weighted by atomic mass is 9.95. The van der Waals surface area contributed by atoms with Gasteiger partial charge in [-0.3, -0.25) is 4.90 Å². The van der Waals surface area contributed by atoms with Crippen molar-refractivity contribution < 1.29 is 0 Å². The molecule has 1 unspecified atom stereocenters. The first kappa shape index (κ1) is 12.9. The summed E-state index contributed by atoms with van der Waals surface area (Å²) in [7, 11) is 4.28. The number of hydrogen-bond donors (Lipinski definition) is 1. The molecule has 0 saturated carbocycles. The Morgan fingerprint density at radius 1 is 1.40 bits per heavy atom. The SMILES string of the molecule is CC(C)N1CC(CN(C)C)NCC1(C)C. The van der Waals surface area contributed by atoms with Gasteiger partial charge in [-0.15, -0.1) is 0 Å². The van der Waals surface area contributed by atoms with Crippen LogP contribution in [0, 0.1) is 0 Å². The summed E-state index contributed by atoms with van der Waals surface area (Å²) in [6.45, 7) is 12.6. The van der Waals surface area contributed by atoms with E-state index < -0.39 is 0 Å². The topological polar surface area (TPSA) is 18.5 Å². The van der Waals surface area contributed by atoms with E-state index in [0.29, 0.717) is 12.1 Å². The minimum absolute atomic E-state index is 0.289. The number of likely N-dealkylation sites (N-methyl/N-ethyl adjacent to an activating group) is 1. The van der Waals surface area contributed by atoms with Crippen LogP contribution < -0.4 is 5.32 Å². The first-order chi connectivity index (χ1) is 6.83. The third-order valence-corrected chi connectivity index (χ3v) is 3.23. The highest BCUT2D eigenvalue weighted by Crippen LogP contribution is 2.21. The average molecular weight is 213 g/mol. The molecule has 0 radical (unpaired) electrons. The van der Waals surface area contributed by atoms with E-state index in [4.69, 9.17) is 0 Å². The van der Waals surface area contributed by atoms with Gasteiger partial charge in [0, 0.05) is 37.3 Å². The van der Waals surface area contributed by atoms with E-state index in [0.717, 1.165) is 19.6 Å². The van der Waals surface area contributed by atoms with Crippen LogP contribution in [0.15, 0.2) is 0 Å². The maximum absolute atomic E-state index is 3.64. The fourth-order valence-electron chi connectivity index (χ4n) is 2.52. The Morgan fingerprint density at radius 2 is 2.00 bits per heavy atom. The minimum Gasteiger partial charge on any atom is -0.310 e. The third kappa shape index (κ3) is 3.44. The summed E-state index contributed by atoms with van der Waals surface area (Å²) in [4.78, 5) is 4.87. The Morgan fingerprint density at radius 3 is 2.47 bits per heavy atom. The number of piperazine rings is 1. The zero-order valence-corrected chi connectivity index (χ0v) is 11.2. The van der Waals surface area contributed by atoms with Crippen molar-refractivity contribution in [3.63, 3.8) is 0 Å². The minimum atomic E-state index is 0.289. The van der Waals surface area contributed by atoms with Crippen LogP contribution >= 0.6 is 0 Å². The molecule has 0 aromatic carbocycles. The standard InChI is InChI=1S/C12H27N3/c1-10(2)15-8-11(7-14(5)6)13-9-12(15,3)4/h10-11,13H,7-9H2,1-6H3. The first-order valence-electron chi connectivity index (χ1n) is 5.98. The van der Waals surface area contributed by atoms with Crippen molar-refractivity contribution in [1.29, 1.82) is 0 Å². The van der Waals surface area contributed by atoms with Crippen molar-refractivity contribution in [2.75, 3.05) is 33.7 Å². The predicted molar refractivity (Wildman–Crippen MR) is 66.3 cm³/mol. The second-order valence-corrected chi connectivity index (χ2v) is 5.90. The van der Waals surface area contributed by atoms with Crippen LogP contribution in [0.3, 0.4) is 0 Å². The lowest BCUT2D eigenvalue weighted by Crippen LogP contribution is -2.65. The molecule has 0 aromatic heterocycles. The maximum Gasteiger partial charge on any atom is 0.0323 e. The molecular weight excluding hydrogens is 186 g/mol. The monoisotopic (exact) mass is 213 g/mol. The third-order valence-electron chi connectivity index (χ3n) is 3.23. The van der Waals surface area contributed by atoms with E-state index in [1.807, 2.05) is 0 Å². The molecule has 0 bridgehead atoms. The summed E-state index contributed by atoms with van der Waals surface area (Å²) in [5.74, 6) is 0. The Hall–Kier alpha value is -0.120. The van der Waals surface area contributed by atoms with Gasteiger partial charge in [0.2, 0.25) is 0 Å². The molecule has 1 saturated heterocycles. The van der Waals surface area contributed by atoms with Gasteiger partial charge in [-0.05, 0) is 41.8 Å². The first-order valence-corrected chi connectivity index (χ1v) is 5.98. The predicted octanol–water partition coefficient (Wildman–Crippen LogP) is 1.01. The molecular formula is C12H27N3. The lowest BCUT2D eigenvalue weighted by Gasteiger charge is -2.48. The van der Waals surface area contributed by atoms with Gasteiger partial charge in [0.05, 0.1) is 0 Å². The van der Waals surface area contributed by atoms with Gasteiger partial charge in [-0.2, -0.15) is 0 Å². The summed E-state index contributed by atoms with van der Waals surface area (Å²) >= 11 is 0. The van der Waals surface area contributed by atoms with Crippen molar-refractivity contribution in [1.82, 2.24) is 15.1 Å². The molecule has 0 aromatic rings. The normalized spacial score (nSPS) is 27.6. The smallest absolute Gasteiger partial charge is 0.0323 e. The quantitative estimate of drug-likeness (QED) is 0.755. The molecule has 1 aliphatic rings. The van der Waals surface area contributed by atoms with E-state index in [2.05, 4.69) is 56.9 Å². The number of nitrogens with one attached hydrogen (secondary N) is 1. The Balaban J connectivity index is 2.58. The Bertz CT molecular complexity index is 199. The van der Waals surface area contributed by atoms with Crippen LogP contribution in [0.4, 0.5) is 0 Å². The molecule has 3 nitrogen and oxygen atoms in total. The largest absolute Gasteiger partial charge is 0.310 e. The van der Waals surface area contributed by atoms with Crippen molar-refractivity contribution in [2.45, 2.75) is 45.3 Å². The molecule has 15 heavy (non-hydrogen) atoms. The summed E-state index contributed by atoms with van der Waals surface area (Å²) in [5, 5.41) is 3.64. The molecule has 0 amide bonds. The highest BCUT2D eigenvalue weighted by molar-refractivity contribution is 4.94. The molecule has 90 valence electrons. The van der Waals surface area contributed by atoms with Gasteiger partial charge in [-0.1, -0.05) is 0 Å². The number of nitrogens with zero attached hydrogens (tertiary/aromatic N) is 2. The van der Waals surface area contributed by atoms with Crippen molar-refractivity contribution in [3.05, 3.63) is 0 Å². The van der Waals surface area contributed by atoms with Gasteiger partial charge in [0.25, 0.3) is 0 Å². The zero-order valence-electron chi connectivity index (χ0n) is 11.2. The fourth-order valence-corrected chi connectivity index (χ4v) is 2.52. The fraction of sp³-hybridized carbons (Fsp3) is 1.00. The zero-order chi connectivity index (χ0) is 11.6. The van der Waals surface area contributed by atoms with E-state index in [-0.39, 0.29) is 5.54 Å². The van der Waals surface area contributed by atoms with Crippen LogP contribution in [-0.4, -0.2) is 61.2 Å². The molecule has 0 aliphatic carbocycles. The Labute approximate surface area is 94.8 Å². The number of rotatable bonds is 3. The van der Waals surface area contributed by atoms with E-state index in [1.165, 1.54) is 0 Å². The van der Waals surface area contributed by atoms with Gasteiger partial charge < -0.3 is 10.2 Å². The average Bonchev–Trinajstić information content (AvgIpc) is 2.06. The van der Waals surface area contributed by atoms with Crippen molar-refractivity contribution >= 4 is 0 Å². The molecule has 1 rings (SSSR count). The molecule has 1 heterocycles. The summed E-state index contributed by atoms with van der Waals surface area (Å²) in [5.41, 5.74) is 0.289. The molecule has 1 fully saturated rings. The van der Waals surface area contributed by atoms with E-state index in [9.17, 15) is 0 Å². The highest BCUT2D eigenvalue weighted by Gasteiger charge is 2.35. The summed E-state index contributed by atoms with van der Waals surface area (Å²) in [6, 6.07) is 1.24. The van der Waals surface area contributed by atoms with Gasteiger partial charge in [-0.25, -0.2) is 0 Å². The lowest BCUT2D eigenvalue weighted by molar-refractivity contribution is 0.0325. The van der Waals surface area contributed by atoms with Crippen molar-refractivity contribution in [2.24, 2.45) is 0 Å². The van der Waals surface area contributed by atoms with Gasteiger partial charge in [0.1, 0.15) is 0 Å². The van der Waals surface area contributed by atoms with Crippen LogP contribution in [0.5, 0.6) is 0 Å². The highest BCUT2D eigenvalue weighted by atomic mass is 15.3. The maximum atomic E-state index is 3.64. The van der Waals surface area contributed by atoms with E-state index in [1.54, 1.807) is 0 Å². The summed E-state index contributed by atoms with van der Waals surface area (Å²) < 4.78 is 0. The summed E-state index contributed by atoms with van der Waals surface area (Å²) in [6.07, 6.45) is 0. The van der Waals surface area contributed by atoms with Crippen LogP contribution in [0.25, 0.3) is 0 Å². The van der Waals surface area contributed by atoms with Crippen LogP contribution in [-0.2, 0) is 0 Å². The second-order valence-electron chi connectivity index (χ2n) is 5.90. The van der Waals surface area contributed by atoms with Gasteiger partial charge in [0.15, 0.2) is 0 Å². The molecule has 3 heteroatoms. The van der Waals surface area contributed by atoms with Crippen molar-refractivity contribution in [3.8, 4) is 0 Å². The molecule has 0 spiro atoms. The number of hydrogen-bond acceptors (Lipinski definition) is 3. The van der Waals surface area contributed by atoms with E-state index >= 15 is 0 Å². The van der Waals surface area contributed by atoms with Crippen LogP contribution in [0.1, 0.15) is 27.7 Å². The molecule has 1 N–H and O–H groups in total. The van der Waals surface area contributed by atoms with Gasteiger partial charge >= 0.3 is 0 Å². The molecule has 1 atom stereocenters. The molecule has 1 aliphatic heterocycles. The van der Waals surface area contributed by atoms with Crippen LogP contribution in [0.2, 0.25) is 0 Å².